The van der Waals surface area contributed by atoms with Gasteiger partial charge >= 0.3 is 0 Å². The number of rotatable bonds is 7. The van der Waals surface area contributed by atoms with Crippen molar-refractivity contribution in [3.05, 3.63) is 46.9 Å². The first-order valence-corrected chi connectivity index (χ1v) is 11.6. The van der Waals surface area contributed by atoms with E-state index in [-0.39, 0.29) is 11.7 Å². The average Bonchev–Trinajstić information content (AvgIpc) is 3.54. The highest BCUT2D eigenvalue weighted by atomic mass is 32.2. The third-order valence-corrected chi connectivity index (χ3v) is 6.82. The number of hydrogen-bond donors (Lipinski definition) is 2. The molecule has 0 unspecified atom stereocenters. The average molecular weight is 451 g/mol. The number of nitriles is 1. The summed E-state index contributed by atoms with van der Waals surface area (Å²) < 4.78 is 7.13. The smallest absolute Gasteiger partial charge is 0.236 e. The molecule has 8 nitrogen and oxygen atoms in total. The molecule has 2 heterocycles. The summed E-state index contributed by atoms with van der Waals surface area (Å²) in [7, 11) is 1.61. The fourth-order valence-corrected chi connectivity index (χ4v) is 4.72. The maximum atomic E-state index is 12.8. The number of H-pyrrole nitrogens is 1. The van der Waals surface area contributed by atoms with Crippen LogP contribution in [-0.4, -0.2) is 38.5 Å². The maximum Gasteiger partial charge on any atom is 0.236 e. The van der Waals surface area contributed by atoms with Crippen LogP contribution in [-0.2, 0) is 4.79 Å². The van der Waals surface area contributed by atoms with Crippen LogP contribution in [0.15, 0.2) is 29.4 Å². The Morgan fingerprint density at radius 2 is 2.03 bits per heavy atom. The monoisotopic (exact) mass is 450 g/mol. The van der Waals surface area contributed by atoms with Crippen LogP contribution in [0.3, 0.4) is 0 Å². The van der Waals surface area contributed by atoms with E-state index in [1.807, 2.05) is 42.7 Å². The van der Waals surface area contributed by atoms with Gasteiger partial charge in [0.15, 0.2) is 0 Å². The molecule has 1 saturated carbocycles. The van der Waals surface area contributed by atoms with Crippen molar-refractivity contribution in [1.82, 2.24) is 19.7 Å². The van der Waals surface area contributed by atoms with Crippen LogP contribution in [0.25, 0.3) is 5.69 Å². The molecule has 1 fully saturated rings. The van der Waals surface area contributed by atoms with Crippen molar-refractivity contribution >= 4 is 23.5 Å². The van der Waals surface area contributed by atoms with Crippen molar-refractivity contribution in [2.45, 2.75) is 50.6 Å². The zero-order chi connectivity index (χ0) is 22.7. The highest BCUT2D eigenvalue weighted by Gasteiger charge is 2.23. The molecule has 0 saturated heterocycles. The number of carbonyl (C=O) groups excluding carboxylic acids is 1. The Labute approximate surface area is 191 Å². The van der Waals surface area contributed by atoms with Crippen molar-refractivity contribution in [1.29, 1.82) is 5.26 Å². The number of hydrogen-bond acceptors (Lipinski definition) is 6. The summed E-state index contributed by atoms with van der Waals surface area (Å²) in [6.45, 7) is 3.82. The molecule has 0 aliphatic heterocycles. The van der Waals surface area contributed by atoms with Crippen LogP contribution >= 0.6 is 11.8 Å². The van der Waals surface area contributed by atoms with Crippen molar-refractivity contribution in [2.75, 3.05) is 18.2 Å². The number of ether oxygens (including phenoxy) is 1. The molecule has 166 valence electrons. The van der Waals surface area contributed by atoms with Gasteiger partial charge in [0.25, 0.3) is 0 Å². The molecule has 0 spiro atoms. The third-order valence-electron chi connectivity index (χ3n) is 5.97. The number of thioether (sulfide) groups is 1. The number of nitrogens with zero attached hydrogens (tertiary/aromatic N) is 4. The van der Waals surface area contributed by atoms with E-state index in [4.69, 9.17) is 4.74 Å². The molecular weight excluding hydrogens is 424 g/mol. The summed E-state index contributed by atoms with van der Waals surface area (Å²) in [6, 6.07) is 9.73. The van der Waals surface area contributed by atoms with Gasteiger partial charge in [-0.25, -0.2) is 4.98 Å². The molecular formula is C23H26N6O2S. The normalized spacial score (nSPS) is 13.8. The van der Waals surface area contributed by atoms with Gasteiger partial charge in [-0.05, 0) is 56.5 Å². The topological polar surface area (TPSA) is 109 Å². The van der Waals surface area contributed by atoms with Gasteiger partial charge in [0.1, 0.15) is 23.5 Å². The zero-order valence-electron chi connectivity index (χ0n) is 18.4. The second-order valence-corrected chi connectivity index (χ2v) is 8.84. The Hall–Kier alpha value is -3.25. The largest absolute Gasteiger partial charge is 0.497 e. The Morgan fingerprint density at radius 3 is 2.69 bits per heavy atom. The molecule has 1 aliphatic carbocycles. The second kappa shape index (κ2) is 9.49. The van der Waals surface area contributed by atoms with E-state index in [9.17, 15) is 10.1 Å². The summed E-state index contributed by atoms with van der Waals surface area (Å²) in [4.78, 5) is 17.3. The molecule has 2 aromatic heterocycles. The first-order chi connectivity index (χ1) is 15.5. The number of carbonyl (C=O) groups is 1. The quantitative estimate of drug-likeness (QED) is 0.514. The lowest BCUT2D eigenvalue weighted by Gasteiger charge is -2.13. The molecule has 1 amide bonds. The SMILES string of the molecule is COc1ccc(-n2c(C)c(C)c(C#N)c2NC(=O)CSc2n[nH]c(C3CCCC3)n2)cc1. The molecule has 4 rings (SSSR count). The summed E-state index contributed by atoms with van der Waals surface area (Å²) in [5.41, 5.74) is 3.02. The van der Waals surface area contributed by atoms with E-state index >= 15 is 0 Å². The maximum absolute atomic E-state index is 12.8. The number of benzene rings is 1. The van der Waals surface area contributed by atoms with Gasteiger partial charge in [0, 0.05) is 17.3 Å². The first kappa shape index (κ1) is 22.0. The number of nitrogens with one attached hydrogen (secondary N) is 2. The van der Waals surface area contributed by atoms with Gasteiger partial charge in [-0.1, -0.05) is 24.6 Å². The lowest BCUT2D eigenvalue weighted by atomic mass is 10.1. The van der Waals surface area contributed by atoms with Crippen LogP contribution in [0, 0.1) is 25.2 Å². The standard InChI is InChI=1S/C23H26N6O2S/c1-14-15(2)29(17-8-10-18(31-3)11-9-17)22(19(14)12-24)25-20(30)13-32-23-26-21(27-28-23)16-6-4-5-7-16/h8-11,16H,4-7,13H2,1-3H3,(H,25,30)(H,26,27,28). The fourth-order valence-electron chi connectivity index (χ4n) is 4.12. The third kappa shape index (κ3) is 4.36. The highest BCUT2D eigenvalue weighted by Crippen LogP contribution is 2.33. The van der Waals surface area contributed by atoms with E-state index in [1.165, 1.54) is 24.6 Å². The van der Waals surface area contributed by atoms with Crippen molar-refractivity contribution in [3.63, 3.8) is 0 Å². The van der Waals surface area contributed by atoms with Crippen molar-refractivity contribution in [3.8, 4) is 17.5 Å². The van der Waals surface area contributed by atoms with E-state index in [0.29, 0.717) is 22.5 Å². The number of aromatic nitrogens is 4. The lowest BCUT2D eigenvalue weighted by Crippen LogP contribution is -2.17. The van der Waals surface area contributed by atoms with Crippen LogP contribution in [0.1, 0.15) is 54.2 Å². The summed E-state index contributed by atoms with van der Waals surface area (Å²) in [5.74, 6) is 2.50. The molecule has 3 aromatic rings. The van der Waals surface area contributed by atoms with E-state index in [2.05, 4.69) is 26.6 Å². The summed E-state index contributed by atoms with van der Waals surface area (Å²) in [6.07, 6.45) is 4.73. The van der Waals surface area contributed by atoms with Gasteiger partial charge in [-0.15, -0.1) is 5.10 Å². The predicted octanol–water partition coefficient (Wildman–Crippen LogP) is 4.48. The van der Waals surface area contributed by atoms with Gasteiger partial charge in [0.2, 0.25) is 11.1 Å². The van der Waals surface area contributed by atoms with E-state index in [0.717, 1.165) is 41.4 Å². The minimum Gasteiger partial charge on any atom is -0.497 e. The second-order valence-electron chi connectivity index (χ2n) is 7.90. The Kier molecular flexibility index (Phi) is 6.51. The van der Waals surface area contributed by atoms with Crippen LogP contribution < -0.4 is 10.1 Å². The van der Waals surface area contributed by atoms with Crippen molar-refractivity contribution < 1.29 is 9.53 Å². The molecule has 32 heavy (non-hydrogen) atoms. The molecule has 0 atom stereocenters. The predicted molar refractivity (Wildman–Crippen MR) is 123 cm³/mol. The number of anilines is 1. The number of amides is 1. The molecule has 0 bridgehead atoms. The fraction of sp³-hybridized carbons (Fsp3) is 0.391. The number of aromatic amines is 1. The molecule has 9 heteroatoms. The van der Waals surface area contributed by atoms with Gasteiger partial charge in [-0.3, -0.25) is 14.5 Å². The van der Waals surface area contributed by atoms with Gasteiger partial charge < -0.3 is 10.1 Å². The Balaban J connectivity index is 1.51. The van der Waals surface area contributed by atoms with E-state index < -0.39 is 0 Å². The summed E-state index contributed by atoms with van der Waals surface area (Å²) >= 11 is 1.28. The van der Waals surface area contributed by atoms with Crippen LogP contribution in [0.4, 0.5) is 5.82 Å². The molecule has 0 radical (unpaired) electrons. The minimum absolute atomic E-state index is 0.152. The van der Waals surface area contributed by atoms with Crippen LogP contribution in [0.2, 0.25) is 0 Å². The van der Waals surface area contributed by atoms with Crippen molar-refractivity contribution in [2.24, 2.45) is 0 Å². The lowest BCUT2D eigenvalue weighted by molar-refractivity contribution is -0.113. The minimum atomic E-state index is -0.217. The number of methoxy groups -OCH3 is 1. The Bertz CT molecular complexity index is 1150. The zero-order valence-corrected chi connectivity index (χ0v) is 19.3. The van der Waals surface area contributed by atoms with Gasteiger partial charge in [0.05, 0.1) is 18.4 Å². The molecule has 1 aromatic carbocycles. The molecule has 2 N–H and O–H groups in total. The summed E-state index contributed by atoms with van der Waals surface area (Å²) in [5, 5.41) is 20.5. The molecule has 1 aliphatic rings. The first-order valence-electron chi connectivity index (χ1n) is 10.6. The Morgan fingerprint density at radius 1 is 1.31 bits per heavy atom. The van der Waals surface area contributed by atoms with E-state index in [1.54, 1.807) is 7.11 Å². The highest BCUT2D eigenvalue weighted by molar-refractivity contribution is 7.99. The van der Waals surface area contributed by atoms with Gasteiger partial charge in [-0.2, -0.15) is 5.26 Å². The van der Waals surface area contributed by atoms with Crippen LogP contribution in [0.5, 0.6) is 5.75 Å².